The van der Waals surface area contributed by atoms with Gasteiger partial charge in [0.15, 0.2) is 14.6 Å². The Morgan fingerprint density at radius 3 is 2.28 bits per heavy atom. The zero-order valence-corrected chi connectivity index (χ0v) is 24.1. The predicted molar refractivity (Wildman–Crippen MR) is 146 cm³/mol. The summed E-state index contributed by atoms with van der Waals surface area (Å²) in [5.41, 5.74) is -3.22. The van der Waals surface area contributed by atoms with Crippen molar-refractivity contribution in [1.29, 1.82) is 0 Å². The smallest absolute Gasteiger partial charge is 0.320 e. The topological polar surface area (TPSA) is 126 Å². The maximum Gasteiger partial charge on any atom is 0.399 e. The summed E-state index contributed by atoms with van der Waals surface area (Å²) < 4.78 is 65.2. The van der Waals surface area contributed by atoms with Crippen LogP contribution in [-0.2, 0) is 26.6 Å². The summed E-state index contributed by atoms with van der Waals surface area (Å²) in [6.07, 6.45) is 1.09. The molecule has 0 bridgehead atoms. The minimum atomic E-state index is -5.77. The van der Waals surface area contributed by atoms with Crippen molar-refractivity contribution < 1.29 is 36.3 Å². The SMILES string of the molecule is CS(=O)(=O)c1ccc(-c2csc(=NC(=O)c3ccccc3)n2Cc2ccc(C(F)(F)P(=O)(O)O)c(Br)c2)cc1. The van der Waals surface area contributed by atoms with E-state index in [1.165, 1.54) is 24.3 Å². The quantitative estimate of drug-likeness (QED) is 0.257. The molecule has 0 saturated heterocycles. The third-order valence-corrected chi connectivity index (χ3v) is 9.28. The molecule has 14 heteroatoms. The van der Waals surface area contributed by atoms with E-state index in [2.05, 4.69) is 20.9 Å². The van der Waals surface area contributed by atoms with Gasteiger partial charge < -0.3 is 14.4 Å². The van der Waals surface area contributed by atoms with Gasteiger partial charge in [-0.1, -0.05) is 58.4 Å². The van der Waals surface area contributed by atoms with E-state index in [9.17, 15) is 26.6 Å². The number of carbonyl (C=O) groups is 1. The molecule has 4 rings (SSSR count). The molecule has 0 spiro atoms. The Bertz CT molecular complexity index is 1770. The summed E-state index contributed by atoms with van der Waals surface area (Å²) in [4.78, 5) is 35.7. The van der Waals surface area contributed by atoms with E-state index in [0.717, 1.165) is 23.7 Å². The number of alkyl halides is 2. The maximum atomic E-state index is 14.3. The van der Waals surface area contributed by atoms with Crippen LogP contribution < -0.4 is 4.80 Å². The monoisotopic (exact) mass is 656 g/mol. The standard InChI is InChI=1S/C25H20BrF2N2O6PS2/c1-39(35,36)19-10-8-17(9-11-19)22-15-38-24(29-23(31)18-5-3-2-4-6-18)30(22)14-16-7-12-20(21(26)13-16)25(27,28)37(32,33)34/h2-13,15H,14H2,1H3,(H2,32,33,34). The second-order valence-electron chi connectivity index (χ2n) is 8.47. The van der Waals surface area contributed by atoms with Crippen molar-refractivity contribution in [2.45, 2.75) is 17.1 Å². The number of benzene rings is 3. The van der Waals surface area contributed by atoms with E-state index >= 15 is 0 Å². The summed E-state index contributed by atoms with van der Waals surface area (Å²) in [7, 11) is -9.19. The number of hydrogen-bond acceptors (Lipinski definition) is 5. The zero-order valence-electron chi connectivity index (χ0n) is 20.0. The summed E-state index contributed by atoms with van der Waals surface area (Å²) >= 11 is 4.15. The van der Waals surface area contributed by atoms with Crippen molar-refractivity contribution in [2.75, 3.05) is 6.26 Å². The molecule has 0 saturated carbocycles. The molecule has 3 aromatic carbocycles. The number of amides is 1. The lowest BCUT2D eigenvalue weighted by Crippen LogP contribution is -2.19. The number of carbonyl (C=O) groups excluding carboxylic acids is 1. The van der Waals surface area contributed by atoms with E-state index in [1.807, 2.05) is 0 Å². The molecule has 0 fully saturated rings. The van der Waals surface area contributed by atoms with Crippen molar-refractivity contribution in [2.24, 2.45) is 4.99 Å². The van der Waals surface area contributed by atoms with Gasteiger partial charge in [0.2, 0.25) is 0 Å². The first-order valence-corrected chi connectivity index (χ1v) is 16.2. The third-order valence-electron chi connectivity index (χ3n) is 5.66. The molecule has 4 aromatic rings. The van der Waals surface area contributed by atoms with Crippen LogP contribution in [0.3, 0.4) is 0 Å². The van der Waals surface area contributed by atoms with Gasteiger partial charge in [0.25, 0.3) is 5.91 Å². The maximum absolute atomic E-state index is 14.3. The van der Waals surface area contributed by atoms with E-state index in [-0.39, 0.29) is 15.9 Å². The van der Waals surface area contributed by atoms with E-state index in [4.69, 9.17) is 9.79 Å². The van der Waals surface area contributed by atoms with Crippen LogP contribution in [-0.4, -0.2) is 34.9 Å². The molecule has 204 valence electrons. The van der Waals surface area contributed by atoms with Crippen LogP contribution in [0.1, 0.15) is 21.5 Å². The lowest BCUT2D eigenvalue weighted by molar-refractivity contribution is 0.0557. The molecule has 0 atom stereocenters. The number of thiazole rings is 1. The summed E-state index contributed by atoms with van der Waals surface area (Å²) in [6.45, 7) is 0.0495. The van der Waals surface area contributed by atoms with Crippen LogP contribution in [0, 0.1) is 0 Å². The first kappa shape index (κ1) is 29.2. The van der Waals surface area contributed by atoms with E-state index in [0.29, 0.717) is 27.2 Å². The highest BCUT2D eigenvalue weighted by molar-refractivity contribution is 9.10. The predicted octanol–water partition coefficient (Wildman–Crippen LogP) is 5.40. The highest BCUT2D eigenvalue weighted by atomic mass is 79.9. The van der Waals surface area contributed by atoms with Gasteiger partial charge in [0, 0.05) is 27.2 Å². The average Bonchev–Trinajstić information content (AvgIpc) is 3.25. The Labute approximate surface area is 234 Å². The summed E-state index contributed by atoms with van der Waals surface area (Å²) in [5.74, 6) is -0.497. The molecule has 2 N–H and O–H groups in total. The highest BCUT2D eigenvalue weighted by Gasteiger charge is 2.51. The normalized spacial score (nSPS) is 13.0. The Kier molecular flexibility index (Phi) is 8.23. The summed E-state index contributed by atoms with van der Waals surface area (Å²) in [6, 6.07) is 18.1. The fraction of sp³-hybridized carbons (Fsp3) is 0.120. The minimum Gasteiger partial charge on any atom is -0.320 e. The Morgan fingerprint density at radius 1 is 1.08 bits per heavy atom. The fourth-order valence-electron chi connectivity index (χ4n) is 3.65. The number of nitrogens with zero attached hydrogens (tertiary/aromatic N) is 2. The van der Waals surface area contributed by atoms with Gasteiger partial charge in [-0.15, -0.1) is 11.3 Å². The van der Waals surface area contributed by atoms with Gasteiger partial charge in [0.1, 0.15) is 0 Å². The molecule has 1 aromatic heterocycles. The number of hydrogen-bond donors (Lipinski definition) is 2. The molecular formula is C25H20BrF2N2O6PS2. The molecule has 0 aliphatic carbocycles. The molecule has 1 heterocycles. The van der Waals surface area contributed by atoms with Gasteiger partial charge in [-0.25, -0.2) is 8.42 Å². The van der Waals surface area contributed by atoms with Gasteiger partial charge in [-0.05, 0) is 41.5 Å². The largest absolute Gasteiger partial charge is 0.399 e. The highest BCUT2D eigenvalue weighted by Crippen LogP contribution is 2.60. The van der Waals surface area contributed by atoms with Crippen molar-refractivity contribution in [1.82, 2.24) is 4.57 Å². The number of rotatable bonds is 7. The van der Waals surface area contributed by atoms with Crippen LogP contribution in [0.25, 0.3) is 11.3 Å². The lowest BCUT2D eigenvalue weighted by Gasteiger charge is -2.20. The van der Waals surface area contributed by atoms with Crippen molar-refractivity contribution >= 4 is 50.6 Å². The van der Waals surface area contributed by atoms with Crippen molar-refractivity contribution in [3.8, 4) is 11.3 Å². The van der Waals surface area contributed by atoms with Crippen molar-refractivity contribution in [3.63, 3.8) is 0 Å². The number of aromatic nitrogens is 1. The second kappa shape index (κ2) is 11.0. The van der Waals surface area contributed by atoms with Crippen LogP contribution in [0.15, 0.2) is 92.5 Å². The first-order valence-electron chi connectivity index (χ1n) is 11.0. The molecule has 0 aliphatic heterocycles. The molecule has 0 aliphatic rings. The third kappa shape index (κ3) is 6.34. The van der Waals surface area contributed by atoms with Gasteiger partial charge in [0.05, 0.1) is 17.1 Å². The molecule has 0 radical (unpaired) electrons. The minimum absolute atomic E-state index is 0.0495. The zero-order chi connectivity index (χ0) is 28.6. The second-order valence-corrected chi connectivity index (χ2v) is 13.8. The van der Waals surface area contributed by atoms with E-state index < -0.39 is 34.6 Å². The fourth-order valence-corrected chi connectivity index (χ4v) is 6.52. The number of sulfone groups is 1. The molecule has 8 nitrogen and oxygen atoms in total. The molecule has 39 heavy (non-hydrogen) atoms. The molecular weight excluding hydrogens is 637 g/mol. The average molecular weight is 657 g/mol. The first-order chi connectivity index (χ1) is 18.2. The molecule has 1 amide bonds. The van der Waals surface area contributed by atoms with Gasteiger partial charge in [-0.3, -0.25) is 9.36 Å². The molecule has 0 unspecified atom stereocenters. The van der Waals surface area contributed by atoms with Crippen LogP contribution >= 0.6 is 34.9 Å². The van der Waals surface area contributed by atoms with E-state index in [1.54, 1.807) is 52.4 Å². The Balaban J connectivity index is 1.81. The van der Waals surface area contributed by atoms with Crippen LogP contribution in [0.4, 0.5) is 8.78 Å². The van der Waals surface area contributed by atoms with Crippen LogP contribution in [0.5, 0.6) is 0 Å². The number of halogens is 3. The van der Waals surface area contributed by atoms with Crippen LogP contribution in [0.2, 0.25) is 0 Å². The lowest BCUT2D eigenvalue weighted by atomic mass is 10.1. The van der Waals surface area contributed by atoms with Gasteiger partial charge >= 0.3 is 13.3 Å². The Morgan fingerprint density at radius 2 is 1.72 bits per heavy atom. The van der Waals surface area contributed by atoms with Gasteiger partial charge in [-0.2, -0.15) is 13.8 Å². The Hall–Kier alpha value is -2.80. The van der Waals surface area contributed by atoms with Crippen molar-refractivity contribution in [3.05, 3.63) is 104 Å². The summed E-state index contributed by atoms with van der Waals surface area (Å²) in [5, 5.41) is 1.73.